The van der Waals surface area contributed by atoms with E-state index in [1.807, 2.05) is 0 Å². The Hall–Kier alpha value is -0.610. The molecule has 0 aromatic carbocycles. The summed E-state index contributed by atoms with van der Waals surface area (Å²) in [6.07, 6.45) is 3.95. The number of hydrogen-bond donors (Lipinski definition) is 2. The van der Waals surface area contributed by atoms with Gasteiger partial charge in [-0.25, -0.2) is 5.48 Å². The van der Waals surface area contributed by atoms with E-state index in [-0.39, 0.29) is 5.91 Å². The monoisotopic (exact) mass is 186 g/mol. The van der Waals surface area contributed by atoms with Gasteiger partial charge in [-0.05, 0) is 38.3 Å². The van der Waals surface area contributed by atoms with Crippen molar-refractivity contribution < 1.29 is 9.63 Å². The van der Waals surface area contributed by atoms with E-state index in [4.69, 9.17) is 0 Å². The van der Waals surface area contributed by atoms with Crippen LogP contribution >= 0.6 is 0 Å². The first-order valence-electron chi connectivity index (χ1n) is 4.85. The smallest absolute Gasteiger partial charge is 0.243 e. The van der Waals surface area contributed by atoms with Gasteiger partial charge in [0.15, 0.2) is 0 Å². The Kier molecular flexibility index (Phi) is 4.78. The van der Waals surface area contributed by atoms with Gasteiger partial charge in [-0.3, -0.25) is 9.63 Å². The molecular weight excluding hydrogens is 168 g/mol. The van der Waals surface area contributed by atoms with Crippen LogP contribution in [0.3, 0.4) is 0 Å². The summed E-state index contributed by atoms with van der Waals surface area (Å²) in [4.78, 5) is 15.6. The Labute approximate surface area is 79.0 Å². The lowest BCUT2D eigenvalue weighted by molar-refractivity contribution is -0.131. The number of carbonyl (C=O) groups excluding carboxylic acids is 1. The first kappa shape index (κ1) is 10.5. The normalized spacial score (nSPS) is 18.5. The molecule has 0 atom stereocenters. The zero-order chi connectivity index (χ0) is 9.52. The molecule has 2 N–H and O–H groups in total. The fourth-order valence-electron chi connectivity index (χ4n) is 1.67. The average molecular weight is 186 g/mol. The van der Waals surface area contributed by atoms with Crippen LogP contribution in [0.25, 0.3) is 0 Å². The first-order chi connectivity index (χ1) is 6.33. The van der Waals surface area contributed by atoms with E-state index < -0.39 is 0 Å². The number of hydrogen-bond acceptors (Lipinski definition) is 3. The van der Waals surface area contributed by atoms with Crippen LogP contribution in [0, 0.1) is 5.92 Å². The van der Waals surface area contributed by atoms with Gasteiger partial charge in [0.1, 0.15) is 0 Å². The van der Waals surface area contributed by atoms with Gasteiger partial charge in [-0.1, -0.05) is 0 Å². The minimum atomic E-state index is -0.0129. The number of nitrogens with one attached hydrogen (secondary N) is 2. The molecule has 1 aliphatic rings. The molecule has 4 heteroatoms. The van der Waals surface area contributed by atoms with Crippen molar-refractivity contribution >= 4 is 5.91 Å². The highest BCUT2D eigenvalue weighted by atomic mass is 16.6. The summed E-state index contributed by atoms with van der Waals surface area (Å²) < 4.78 is 0. The van der Waals surface area contributed by atoms with Crippen molar-refractivity contribution in [3.63, 3.8) is 0 Å². The third kappa shape index (κ3) is 4.24. The van der Waals surface area contributed by atoms with E-state index in [2.05, 4.69) is 15.6 Å². The van der Waals surface area contributed by atoms with Gasteiger partial charge in [0.2, 0.25) is 5.91 Å². The summed E-state index contributed by atoms with van der Waals surface area (Å²) in [5.41, 5.74) is 2.33. The molecule has 1 saturated heterocycles. The third-order valence-corrected chi connectivity index (χ3v) is 2.45. The summed E-state index contributed by atoms with van der Waals surface area (Å²) in [6, 6.07) is 0. The number of rotatable bonds is 4. The van der Waals surface area contributed by atoms with Crippen LogP contribution in [0.15, 0.2) is 0 Å². The second kappa shape index (κ2) is 5.94. The molecule has 4 nitrogen and oxygen atoms in total. The predicted molar refractivity (Wildman–Crippen MR) is 50.0 cm³/mol. The van der Waals surface area contributed by atoms with Crippen LogP contribution in [0.5, 0.6) is 0 Å². The van der Waals surface area contributed by atoms with Crippen LogP contribution in [-0.2, 0) is 9.63 Å². The quantitative estimate of drug-likeness (QED) is 0.626. The van der Waals surface area contributed by atoms with Gasteiger partial charge < -0.3 is 5.32 Å². The van der Waals surface area contributed by atoms with Crippen molar-refractivity contribution in [1.29, 1.82) is 0 Å². The van der Waals surface area contributed by atoms with Crippen molar-refractivity contribution in [3.05, 3.63) is 0 Å². The Bertz CT molecular complexity index is 156. The van der Waals surface area contributed by atoms with Gasteiger partial charge in [0.25, 0.3) is 0 Å². The highest BCUT2D eigenvalue weighted by molar-refractivity contribution is 5.74. The van der Waals surface area contributed by atoms with Gasteiger partial charge in [0, 0.05) is 6.42 Å². The molecule has 0 radical (unpaired) electrons. The number of hydroxylamine groups is 1. The average Bonchev–Trinajstić information content (AvgIpc) is 2.17. The topological polar surface area (TPSA) is 50.4 Å². The highest BCUT2D eigenvalue weighted by Crippen LogP contribution is 2.17. The molecule has 1 rings (SSSR count). The Balaban J connectivity index is 2.06. The molecule has 0 aliphatic carbocycles. The molecule has 0 aromatic heterocycles. The van der Waals surface area contributed by atoms with E-state index in [0.717, 1.165) is 19.5 Å². The van der Waals surface area contributed by atoms with E-state index in [1.54, 1.807) is 0 Å². The van der Waals surface area contributed by atoms with Gasteiger partial charge in [-0.2, -0.15) is 0 Å². The summed E-state index contributed by atoms with van der Waals surface area (Å²) >= 11 is 0. The number of carbonyl (C=O) groups is 1. The third-order valence-electron chi connectivity index (χ3n) is 2.45. The minimum Gasteiger partial charge on any atom is -0.317 e. The largest absolute Gasteiger partial charge is 0.317 e. The molecular formula is C9H18N2O2. The van der Waals surface area contributed by atoms with Gasteiger partial charge >= 0.3 is 0 Å². The van der Waals surface area contributed by atoms with E-state index >= 15 is 0 Å². The molecule has 13 heavy (non-hydrogen) atoms. The lowest BCUT2D eigenvalue weighted by atomic mass is 9.93. The maximum Gasteiger partial charge on any atom is 0.243 e. The molecule has 0 saturated carbocycles. The van der Waals surface area contributed by atoms with E-state index in [0.29, 0.717) is 12.3 Å². The first-order valence-corrected chi connectivity index (χ1v) is 4.85. The zero-order valence-electron chi connectivity index (χ0n) is 8.14. The fourth-order valence-corrected chi connectivity index (χ4v) is 1.67. The van der Waals surface area contributed by atoms with E-state index in [9.17, 15) is 4.79 Å². The second-order valence-corrected chi connectivity index (χ2v) is 3.46. The molecule has 1 amide bonds. The van der Waals surface area contributed by atoms with Crippen molar-refractivity contribution in [2.45, 2.75) is 25.7 Å². The Morgan fingerprint density at radius 3 is 2.85 bits per heavy atom. The van der Waals surface area contributed by atoms with Crippen molar-refractivity contribution in [1.82, 2.24) is 10.8 Å². The second-order valence-electron chi connectivity index (χ2n) is 3.46. The van der Waals surface area contributed by atoms with Crippen molar-refractivity contribution in [3.8, 4) is 0 Å². The van der Waals surface area contributed by atoms with Crippen molar-refractivity contribution in [2.75, 3.05) is 20.2 Å². The SMILES string of the molecule is CONC(=O)CCC1CCNCC1. The molecule has 1 aliphatic heterocycles. The highest BCUT2D eigenvalue weighted by Gasteiger charge is 2.13. The van der Waals surface area contributed by atoms with Crippen LogP contribution in [0.2, 0.25) is 0 Å². The van der Waals surface area contributed by atoms with E-state index in [1.165, 1.54) is 20.0 Å². The van der Waals surface area contributed by atoms with Gasteiger partial charge in [-0.15, -0.1) is 0 Å². The van der Waals surface area contributed by atoms with Crippen molar-refractivity contribution in [2.24, 2.45) is 5.92 Å². The molecule has 0 spiro atoms. The standard InChI is InChI=1S/C9H18N2O2/c1-13-11-9(12)3-2-8-4-6-10-7-5-8/h8,10H,2-7H2,1H3,(H,11,12). The molecule has 0 aromatic rings. The Morgan fingerprint density at radius 2 is 2.23 bits per heavy atom. The maximum atomic E-state index is 11.0. The summed E-state index contributed by atoms with van der Waals surface area (Å²) in [7, 11) is 1.46. The predicted octanol–water partition coefficient (Wildman–Crippen LogP) is 0.444. The number of amides is 1. The van der Waals surface area contributed by atoms with Crippen LogP contribution in [0.1, 0.15) is 25.7 Å². The summed E-state index contributed by atoms with van der Waals surface area (Å²) in [5.74, 6) is 0.699. The lowest BCUT2D eigenvalue weighted by Crippen LogP contribution is -2.29. The molecule has 1 fully saturated rings. The van der Waals surface area contributed by atoms with Crippen LogP contribution in [0.4, 0.5) is 0 Å². The molecule has 1 heterocycles. The molecule has 0 unspecified atom stereocenters. The summed E-state index contributed by atoms with van der Waals surface area (Å²) in [6.45, 7) is 2.19. The van der Waals surface area contributed by atoms with Crippen LogP contribution in [-0.4, -0.2) is 26.1 Å². The molecule has 0 bridgehead atoms. The lowest BCUT2D eigenvalue weighted by Gasteiger charge is -2.21. The maximum absolute atomic E-state index is 11.0. The minimum absolute atomic E-state index is 0.0129. The van der Waals surface area contributed by atoms with Gasteiger partial charge in [0.05, 0.1) is 7.11 Å². The zero-order valence-corrected chi connectivity index (χ0v) is 8.14. The molecule has 76 valence electrons. The summed E-state index contributed by atoms with van der Waals surface area (Å²) in [5, 5.41) is 3.30. The fraction of sp³-hybridized carbons (Fsp3) is 0.889. The Morgan fingerprint density at radius 1 is 1.54 bits per heavy atom. The number of piperidine rings is 1. The van der Waals surface area contributed by atoms with Crippen LogP contribution < -0.4 is 10.8 Å².